The van der Waals surface area contributed by atoms with Crippen LogP contribution in [0.3, 0.4) is 0 Å². The molecular weight excluding hydrogens is 399 g/mol. The van der Waals surface area contributed by atoms with Crippen LogP contribution in [0, 0.1) is 0 Å². The van der Waals surface area contributed by atoms with Crippen molar-refractivity contribution in [3.8, 4) is 17.2 Å². The van der Waals surface area contributed by atoms with E-state index in [2.05, 4.69) is 6.92 Å². The van der Waals surface area contributed by atoms with Gasteiger partial charge in [-0.05, 0) is 30.5 Å². The van der Waals surface area contributed by atoms with E-state index in [1.54, 1.807) is 12.1 Å². The zero-order chi connectivity index (χ0) is 20.4. The molecule has 0 unspecified atom stereocenters. The van der Waals surface area contributed by atoms with E-state index in [1.165, 1.54) is 50.7 Å². The Morgan fingerprint density at radius 2 is 1.45 bits per heavy atom. The summed E-state index contributed by atoms with van der Waals surface area (Å²) in [5.74, 6) is -0.445. The molecule has 0 atom stereocenters. The average Bonchev–Trinajstić information content (AvgIpc) is 2.64. The Morgan fingerprint density at radius 3 is 2.10 bits per heavy atom. The van der Waals surface area contributed by atoms with Crippen LogP contribution in [-0.2, 0) is 16.5 Å². The second-order valence-electron chi connectivity index (χ2n) is 6.99. The molecule has 0 amide bonds. The Balaban J connectivity index is 0.00000420. The van der Waals surface area contributed by atoms with Crippen LogP contribution < -0.4 is 39.4 Å². The molecule has 7 heteroatoms. The number of benzene rings is 2. The summed E-state index contributed by atoms with van der Waals surface area (Å²) < 4.78 is 38.2. The minimum atomic E-state index is -4.67. The summed E-state index contributed by atoms with van der Waals surface area (Å²) in [6.45, 7) is 2.21. The van der Waals surface area contributed by atoms with E-state index in [-0.39, 0.29) is 35.3 Å². The van der Waals surface area contributed by atoms with E-state index >= 15 is 0 Å². The van der Waals surface area contributed by atoms with Gasteiger partial charge in [0.05, 0.1) is 0 Å². The number of hydrogen-bond acceptors (Lipinski definition) is 4. The van der Waals surface area contributed by atoms with Crippen molar-refractivity contribution in [2.45, 2.75) is 69.6 Å². The molecule has 1 N–H and O–H groups in total. The zero-order valence-electron chi connectivity index (χ0n) is 17.4. The summed E-state index contributed by atoms with van der Waals surface area (Å²) in [6.07, 6.45) is 10.6. The van der Waals surface area contributed by atoms with Crippen LogP contribution in [-0.4, -0.2) is 13.0 Å². The van der Waals surface area contributed by atoms with E-state index in [0.29, 0.717) is 5.75 Å². The second kappa shape index (κ2) is 13.3. The van der Waals surface area contributed by atoms with Gasteiger partial charge in [0.25, 0.3) is 10.1 Å². The van der Waals surface area contributed by atoms with Gasteiger partial charge >= 0.3 is 29.6 Å². The monoisotopic (exact) mass is 428 g/mol. The molecule has 0 saturated carbocycles. The van der Waals surface area contributed by atoms with Gasteiger partial charge < -0.3 is 9.84 Å². The van der Waals surface area contributed by atoms with E-state index in [4.69, 9.17) is 4.74 Å². The van der Waals surface area contributed by atoms with Gasteiger partial charge in [-0.2, -0.15) is 8.42 Å². The summed E-state index contributed by atoms with van der Waals surface area (Å²) in [5, 5.41) is 11.9. The number of ether oxygens (including phenoxy) is 1. The maximum absolute atomic E-state index is 11.9. The normalized spacial score (nSPS) is 11.1. The Bertz CT molecular complexity index is 852. The van der Waals surface area contributed by atoms with Crippen molar-refractivity contribution in [3.05, 3.63) is 48.0 Å². The molecule has 0 radical (unpaired) electrons. The fourth-order valence-electron chi connectivity index (χ4n) is 3.21. The third-order valence-corrected chi connectivity index (χ3v) is 5.61. The van der Waals surface area contributed by atoms with Crippen molar-refractivity contribution >= 4 is 10.1 Å². The maximum atomic E-state index is 11.9. The van der Waals surface area contributed by atoms with E-state index in [0.717, 1.165) is 30.9 Å². The maximum Gasteiger partial charge on any atom is 1.00 e. The zero-order valence-corrected chi connectivity index (χ0v) is 20.2. The third kappa shape index (κ3) is 8.69. The molecule has 29 heavy (non-hydrogen) atoms. The molecule has 2 aromatic carbocycles. The van der Waals surface area contributed by atoms with Gasteiger partial charge in [0.2, 0.25) is 0 Å². The van der Waals surface area contributed by atoms with E-state index in [9.17, 15) is 18.1 Å². The Labute approximate surface area is 196 Å². The number of rotatable bonds is 12. The average molecular weight is 429 g/mol. The number of unbranched alkanes of at least 4 members (excludes halogenated alkanes) is 7. The van der Waals surface area contributed by atoms with Crippen molar-refractivity contribution in [2.24, 2.45) is 0 Å². The van der Waals surface area contributed by atoms with Gasteiger partial charge in [0.15, 0.2) is 0 Å². The Hall–Kier alpha value is -1.05. The van der Waals surface area contributed by atoms with Crippen molar-refractivity contribution in [1.29, 1.82) is 0 Å². The Morgan fingerprint density at radius 1 is 0.862 bits per heavy atom. The van der Waals surface area contributed by atoms with E-state index in [1.807, 2.05) is 12.1 Å². The quantitative estimate of drug-likeness (QED) is 0.319. The first kappa shape index (κ1) is 26.0. The SMILES string of the molecule is CCCCCCCCCCc1ccccc1Oc1cccc([O-])c1S(=O)(=O)O.[Na+]. The summed E-state index contributed by atoms with van der Waals surface area (Å²) in [5.41, 5.74) is 0.950. The molecule has 0 aromatic heterocycles. The summed E-state index contributed by atoms with van der Waals surface area (Å²) >= 11 is 0. The first-order valence-electron chi connectivity index (χ1n) is 9.96. The van der Waals surface area contributed by atoms with Crippen molar-refractivity contribution in [2.75, 3.05) is 0 Å². The first-order valence-corrected chi connectivity index (χ1v) is 11.4. The van der Waals surface area contributed by atoms with Crippen molar-refractivity contribution in [3.63, 3.8) is 0 Å². The molecule has 0 heterocycles. The third-order valence-electron chi connectivity index (χ3n) is 4.69. The number of hydrogen-bond donors (Lipinski definition) is 1. The molecule has 0 aliphatic rings. The molecule has 0 aliphatic heterocycles. The molecule has 0 aliphatic carbocycles. The predicted molar refractivity (Wildman–Crippen MR) is 109 cm³/mol. The van der Waals surface area contributed by atoms with E-state index < -0.39 is 20.8 Å². The van der Waals surface area contributed by atoms with Crippen molar-refractivity contribution in [1.82, 2.24) is 0 Å². The number of aryl methyl sites for hydroxylation is 1. The van der Waals surface area contributed by atoms with Gasteiger partial charge in [0.1, 0.15) is 16.4 Å². The molecule has 2 aromatic rings. The van der Waals surface area contributed by atoms with Gasteiger partial charge in [-0.3, -0.25) is 4.55 Å². The molecule has 154 valence electrons. The smallest absolute Gasteiger partial charge is 0.871 e. The van der Waals surface area contributed by atoms with Crippen molar-refractivity contribution < 1.29 is 52.4 Å². The summed E-state index contributed by atoms with van der Waals surface area (Å²) in [6, 6.07) is 11.2. The van der Waals surface area contributed by atoms with Crippen LogP contribution in [0.1, 0.15) is 63.9 Å². The molecule has 0 spiro atoms. The predicted octanol–water partition coefficient (Wildman–Crippen LogP) is 2.49. The topological polar surface area (TPSA) is 86.7 Å². The fourth-order valence-corrected chi connectivity index (χ4v) is 3.89. The van der Waals surface area contributed by atoms with Gasteiger partial charge in [-0.15, -0.1) is 0 Å². The minimum Gasteiger partial charge on any atom is -0.871 e. The van der Waals surface area contributed by atoms with Gasteiger partial charge in [-0.1, -0.05) is 88.0 Å². The minimum absolute atomic E-state index is 0. The summed E-state index contributed by atoms with van der Waals surface area (Å²) in [7, 11) is -4.67. The molecular formula is C22H29NaO5S. The van der Waals surface area contributed by atoms with Gasteiger partial charge in [0, 0.05) is 0 Å². The van der Waals surface area contributed by atoms with Crippen LogP contribution in [0.15, 0.2) is 47.4 Å². The number of para-hydroxylation sites is 1. The molecule has 5 nitrogen and oxygen atoms in total. The molecule has 0 saturated heterocycles. The second-order valence-corrected chi connectivity index (χ2v) is 8.35. The van der Waals surface area contributed by atoms with Crippen LogP contribution in [0.2, 0.25) is 0 Å². The van der Waals surface area contributed by atoms with Crippen LogP contribution in [0.4, 0.5) is 0 Å². The standard InChI is InChI=1S/C22H30O5S.Na/c1-2-3-4-5-6-7-8-9-13-18-14-10-11-16-20(18)27-21-17-12-15-19(23)22(21)28(24,25)26;/h10-12,14-17,23H,2-9,13H2,1H3,(H,24,25,26);/q;+1/p-1. The molecule has 0 bridgehead atoms. The van der Waals surface area contributed by atoms with Crippen LogP contribution in [0.25, 0.3) is 0 Å². The molecule has 2 rings (SSSR count). The van der Waals surface area contributed by atoms with Crippen LogP contribution >= 0.6 is 0 Å². The van der Waals surface area contributed by atoms with Crippen LogP contribution in [0.5, 0.6) is 17.2 Å². The fraction of sp³-hybridized carbons (Fsp3) is 0.455. The molecule has 0 fully saturated rings. The Kier molecular flexibility index (Phi) is 11.9. The first-order chi connectivity index (χ1) is 13.4. The largest absolute Gasteiger partial charge is 1.00 e. The summed E-state index contributed by atoms with van der Waals surface area (Å²) in [4.78, 5) is -0.725. The van der Waals surface area contributed by atoms with Gasteiger partial charge in [-0.25, -0.2) is 0 Å².